The number of aromatic nitrogens is 2. The van der Waals surface area contributed by atoms with E-state index < -0.39 is 0 Å². The summed E-state index contributed by atoms with van der Waals surface area (Å²) in [5.74, 6) is 1.15. The number of amides is 1. The Hall–Kier alpha value is -2.95. The minimum Gasteiger partial charge on any atom is -0.342 e. The maximum absolute atomic E-state index is 13.3. The molecule has 29 heavy (non-hydrogen) atoms. The predicted octanol–water partition coefficient (Wildman–Crippen LogP) is 4.11. The van der Waals surface area contributed by atoms with Crippen LogP contribution in [-0.2, 0) is 17.8 Å². The molecule has 5 nitrogen and oxygen atoms in total. The van der Waals surface area contributed by atoms with Gasteiger partial charge in [-0.3, -0.25) is 9.59 Å². The molecule has 0 unspecified atom stereocenters. The second-order valence-corrected chi connectivity index (χ2v) is 7.71. The van der Waals surface area contributed by atoms with Gasteiger partial charge in [-0.2, -0.15) is 0 Å². The number of imidazole rings is 1. The zero-order valence-corrected chi connectivity index (χ0v) is 16.9. The molecule has 3 aromatic rings. The Morgan fingerprint density at radius 1 is 1.14 bits per heavy atom. The van der Waals surface area contributed by atoms with Gasteiger partial charge < -0.3 is 9.47 Å². The quantitative estimate of drug-likeness (QED) is 0.596. The van der Waals surface area contributed by atoms with Gasteiger partial charge in [-0.15, -0.1) is 0 Å². The Labute approximate surface area is 171 Å². The molecular weight excluding hydrogens is 362 g/mol. The lowest BCUT2D eigenvalue weighted by atomic mass is 9.88. The molecule has 0 aliphatic carbocycles. The number of Topliss-reactive ketones (excluding diaryl/α,β-unsaturated/α-hetero) is 1. The third-order valence-corrected chi connectivity index (χ3v) is 5.88. The highest BCUT2D eigenvalue weighted by molar-refractivity contribution is 6.09. The van der Waals surface area contributed by atoms with Gasteiger partial charge in [0, 0.05) is 56.4 Å². The number of benzene rings is 2. The van der Waals surface area contributed by atoms with Crippen LogP contribution >= 0.6 is 0 Å². The van der Waals surface area contributed by atoms with Crippen LogP contribution in [0, 0.1) is 5.92 Å². The lowest BCUT2D eigenvalue weighted by Gasteiger charge is -2.32. The summed E-state index contributed by atoms with van der Waals surface area (Å²) >= 11 is 0. The number of ketones is 1. The highest BCUT2D eigenvalue weighted by atomic mass is 16.2. The molecule has 1 aromatic heterocycles. The number of carbonyl (C=O) groups is 2. The fraction of sp³-hybridized carbons (Fsp3) is 0.375. The van der Waals surface area contributed by atoms with Gasteiger partial charge in [-0.05, 0) is 23.6 Å². The summed E-state index contributed by atoms with van der Waals surface area (Å²) < 4.78 is 2.04. The van der Waals surface area contributed by atoms with E-state index in [9.17, 15) is 9.59 Å². The van der Waals surface area contributed by atoms with Crippen molar-refractivity contribution in [2.75, 3.05) is 13.1 Å². The number of carbonyl (C=O) groups excluding carboxylic acids is 2. The second-order valence-electron chi connectivity index (χ2n) is 7.71. The summed E-state index contributed by atoms with van der Waals surface area (Å²) in [5.41, 5.74) is 0.772. The molecule has 0 bridgehead atoms. The smallest absolute Gasteiger partial charge is 0.224 e. The monoisotopic (exact) mass is 389 g/mol. The molecule has 1 aliphatic heterocycles. The van der Waals surface area contributed by atoms with Gasteiger partial charge in [0.25, 0.3) is 0 Å². The van der Waals surface area contributed by atoms with Crippen molar-refractivity contribution in [3.63, 3.8) is 0 Å². The van der Waals surface area contributed by atoms with E-state index in [4.69, 9.17) is 0 Å². The summed E-state index contributed by atoms with van der Waals surface area (Å²) in [5, 5.41) is 2.07. The van der Waals surface area contributed by atoms with E-state index in [1.54, 1.807) is 6.20 Å². The maximum atomic E-state index is 13.3. The Morgan fingerprint density at radius 2 is 1.97 bits per heavy atom. The SMILES string of the molecule is CCc1nccn1CCC(=O)N1CCC[C@@H](C(=O)c2cccc3ccccc23)C1. The average Bonchev–Trinajstić information content (AvgIpc) is 3.24. The fourth-order valence-electron chi connectivity index (χ4n) is 4.31. The molecule has 1 atom stereocenters. The molecular formula is C24H27N3O2. The first-order valence-electron chi connectivity index (χ1n) is 10.5. The van der Waals surface area contributed by atoms with Gasteiger partial charge in [-0.25, -0.2) is 4.98 Å². The van der Waals surface area contributed by atoms with Crippen LogP contribution in [0.15, 0.2) is 54.9 Å². The summed E-state index contributed by atoms with van der Waals surface area (Å²) in [6.45, 7) is 3.96. The molecule has 4 rings (SSSR count). The highest BCUT2D eigenvalue weighted by Gasteiger charge is 2.29. The molecule has 2 aromatic carbocycles. The van der Waals surface area contributed by atoms with E-state index in [1.165, 1.54) is 0 Å². The lowest BCUT2D eigenvalue weighted by molar-refractivity contribution is -0.132. The second kappa shape index (κ2) is 8.60. The first-order valence-corrected chi connectivity index (χ1v) is 10.5. The van der Waals surface area contributed by atoms with Crippen LogP contribution in [0.1, 0.15) is 42.4 Å². The zero-order valence-electron chi connectivity index (χ0n) is 16.9. The van der Waals surface area contributed by atoms with E-state index in [-0.39, 0.29) is 17.6 Å². The van der Waals surface area contributed by atoms with E-state index >= 15 is 0 Å². The van der Waals surface area contributed by atoms with Crippen molar-refractivity contribution in [2.45, 2.75) is 39.2 Å². The molecule has 1 amide bonds. The van der Waals surface area contributed by atoms with Crippen molar-refractivity contribution >= 4 is 22.5 Å². The number of hydrogen-bond acceptors (Lipinski definition) is 3. The number of likely N-dealkylation sites (tertiary alicyclic amines) is 1. The van der Waals surface area contributed by atoms with Gasteiger partial charge in [0.1, 0.15) is 5.82 Å². The van der Waals surface area contributed by atoms with Gasteiger partial charge in [-0.1, -0.05) is 49.4 Å². The van der Waals surface area contributed by atoms with Crippen molar-refractivity contribution < 1.29 is 9.59 Å². The topological polar surface area (TPSA) is 55.2 Å². The molecule has 150 valence electrons. The molecule has 0 radical (unpaired) electrons. The molecule has 2 heterocycles. The molecule has 5 heteroatoms. The largest absolute Gasteiger partial charge is 0.342 e. The summed E-state index contributed by atoms with van der Waals surface area (Å²) in [7, 11) is 0. The maximum Gasteiger partial charge on any atom is 0.224 e. The van der Waals surface area contributed by atoms with Crippen LogP contribution in [0.25, 0.3) is 10.8 Å². The average molecular weight is 389 g/mol. The highest BCUT2D eigenvalue weighted by Crippen LogP contribution is 2.26. The van der Waals surface area contributed by atoms with Gasteiger partial charge in [0.2, 0.25) is 5.91 Å². The van der Waals surface area contributed by atoms with Crippen molar-refractivity contribution in [1.29, 1.82) is 0 Å². The summed E-state index contributed by atoms with van der Waals surface area (Å²) in [4.78, 5) is 32.2. The molecule has 1 fully saturated rings. The van der Waals surface area contributed by atoms with Crippen molar-refractivity contribution in [2.24, 2.45) is 5.92 Å². The number of fused-ring (bicyclic) bond motifs is 1. The minimum atomic E-state index is -0.127. The van der Waals surface area contributed by atoms with Crippen LogP contribution in [0.4, 0.5) is 0 Å². The predicted molar refractivity (Wildman–Crippen MR) is 114 cm³/mol. The Balaban J connectivity index is 1.43. The fourth-order valence-corrected chi connectivity index (χ4v) is 4.31. The van der Waals surface area contributed by atoms with Crippen LogP contribution in [0.5, 0.6) is 0 Å². The van der Waals surface area contributed by atoms with Gasteiger partial charge in [0.05, 0.1) is 0 Å². The molecule has 0 spiro atoms. The van der Waals surface area contributed by atoms with Crippen LogP contribution in [-0.4, -0.2) is 39.2 Å². The Morgan fingerprint density at radius 3 is 2.83 bits per heavy atom. The first kappa shape index (κ1) is 19.4. The van der Waals surface area contributed by atoms with Crippen LogP contribution in [0.2, 0.25) is 0 Å². The van der Waals surface area contributed by atoms with Crippen molar-refractivity contribution in [3.05, 3.63) is 66.2 Å². The zero-order chi connectivity index (χ0) is 20.2. The molecule has 1 aliphatic rings. The number of aryl methyl sites for hydroxylation is 2. The lowest BCUT2D eigenvalue weighted by Crippen LogP contribution is -2.42. The van der Waals surface area contributed by atoms with Crippen LogP contribution in [0.3, 0.4) is 0 Å². The number of hydrogen-bond donors (Lipinski definition) is 0. The van der Waals surface area contributed by atoms with Crippen molar-refractivity contribution in [3.8, 4) is 0 Å². The first-order chi connectivity index (χ1) is 14.2. The molecule has 1 saturated heterocycles. The Kier molecular flexibility index (Phi) is 5.74. The van der Waals surface area contributed by atoms with Gasteiger partial charge >= 0.3 is 0 Å². The van der Waals surface area contributed by atoms with E-state index in [1.807, 2.05) is 58.1 Å². The van der Waals surface area contributed by atoms with E-state index in [0.717, 1.165) is 48.0 Å². The third kappa shape index (κ3) is 4.09. The van der Waals surface area contributed by atoms with Crippen LogP contribution < -0.4 is 0 Å². The number of rotatable bonds is 6. The molecule has 0 N–H and O–H groups in total. The minimum absolute atomic E-state index is 0.121. The number of nitrogens with zero attached hydrogens (tertiary/aromatic N) is 3. The number of piperidine rings is 1. The standard InChI is InChI=1S/C24H27N3O2/c1-2-22-25-13-16-26(22)15-12-23(28)27-14-6-9-19(17-27)24(29)21-11-5-8-18-7-3-4-10-20(18)21/h3-5,7-8,10-11,13,16,19H,2,6,9,12,14-15,17H2,1H3/t19-/m1/s1. The molecule has 0 saturated carbocycles. The normalized spacial score (nSPS) is 16.9. The van der Waals surface area contributed by atoms with E-state index in [2.05, 4.69) is 11.9 Å². The van der Waals surface area contributed by atoms with Gasteiger partial charge in [0.15, 0.2) is 5.78 Å². The third-order valence-electron chi connectivity index (χ3n) is 5.88. The summed E-state index contributed by atoms with van der Waals surface area (Å²) in [6.07, 6.45) is 6.72. The Bertz CT molecular complexity index is 1020. The van der Waals surface area contributed by atoms with E-state index in [0.29, 0.717) is 19.5 Å². The summed E-state index contributed by atoms with van der Waals surface area (Å²) in [6, 6.07) is 13.9. The van der Waals surface area contributed by atoms with Crippen molar-refractivity contribution in [1.82, 2.24) is 14.5 Å².